The number of aryl methyl sites for hydroxylation is 1. The van der Waals surface area contributed by atoms with E-state index < -0.39 is 0 Å². The van der Waals surface area contributed by atoms with Gasteiger partial charge < -0.3 is 11.1 Å². The normalized spacial score (nSPS) is 12.8. The molecule has 0 radical (unpaired) electrons. The Kier molecular flexibility index (Phi) is 4.11. The molecule has 0 fully saturated rings. The summed E-state index contributed by atoms with van der Waals surface area (Å²) in [6, 6.07) is 0.428. The van der Waals surface area contributed by atoms with E-state index in [1.54, 1.807) is 0 Å². The first kappa shape index (κ1) is 10.4. The molecular formula is C8H16N4S. The van der Waals surface area contributed by atoms with E-state index in [2.05, 4.69) is 21.6 Å². The number of nitrogens with one attached hydrogen (secondary N) is 1. The van der Waals surface area contributed by atoms with Crippen LogP contribution in [0.4, 0.5) is 5.13 Å². The van der Waals surface area contributed by atoms with E-state index in [1.165, 1.54) is 11.5 Å². The third-order valence-corrected chi connectivity index (χ3v) is 2.60. The molecule has 4 nitrogen and oxygen atoms in total. The summed E-state index contributed by atoms with van der Waals surface area (Å²) in [7, 11) is 0. The number of hydrogen-bond donors (Lipinski definition) is 2. The Bertz CT molecular complexity index is 248. The van der Waals surface area contributed by atoms with Crippen LogP contribution in [0.25, 0.3) is 0 Å². The van der Waals surface area contributed by atoms with Crippen molar-refractivity contribution >= 4 is 16.7 Å². The molecule has 1 atom stereocenters. The van der Waals surface area contributed by atoms with Gasteiger partial charge in [0.25, 0.3) is 0 Å². The lowest BCUT2D eigenvalue weighted by molar-refractivity contribution is 0.641. The minimum atomic E-state index is 0.428. The highest BCUT2D eigenvalue weighted by Crippen LogP contribution is 2.13. The van der Waals surface area contributed by atoms with Crippen molar-refractivity contribution in [3.8, 4) is 0 Å². The van der Waals surface area contributed by atoms with Gasteiger partial charge in [-0.3, -0.25) is 0 Å². The quantitative estimate of drug-likeness (QED) is 0.754. The molecule has 0 amide bonds. The minimum absolute atomic E-state index is 0.428. The molecule has 74 valence electrons. The number of aromatic nitrogens is 2. The van der Waals surface area contributed by atoms with Gasteiger partial charge in [0.05, 0.1) is 0 Å². The summed E-state index contributed by atoms with van der Waals surface area (Å²) < 4.78 is 4.10. The van der Waals surface area contributed by atoms with Gasteiger partial charge in [-0.2, -0.15) is 4.37 Å². The summed E-state index contributed by atoms with van der Waals surface area (Å²) >= 11 is 1.41. The van der Waals surface area contributed by atoms with Gasteiger partial charge >= 0.3 is 0 Å². The average Bonchev–Trinajstić information content (AvgIpc) is 2.50. The van der Waals surface area contributed by atoms with Crippen LogP contribution in [0.5, 0.6) is 0 Å². The molecule has 1 unspecified atom stereocenters. The smallest absolute Gasteiger partial charge is 0.202 e. The van der Waals surface area contributed by atoms with Crippen molar-refractivity contribution in [3.63, 3.8) is 0 Å². The van der Waals surface area contributed by atoms with Crippen molar-refractivity contribution in [1.29, 1.82) is 0 Å². The maximum Gasteiger partial charge on any atom is 0.202 e. The van der Waals surface area contributed by atoms with E-state index in [0.717, 1.165) is 23.8 Å². The maximum absolute atomic E-state index is 5.49. The van der Waals surface area contributed by atoms with Crippen LogP contribution >= 0.6 is 11.5 Å². The Balaban J connectivity index is 2.46. The Hall–Kier alpha value is -0.680. The molecule has 0 aliphatic carbocycles. The van der Waals surface area contributed by atoms with E-state index in [4.69, 9.17) is 5.73 Å². The third-order valence-electron chi connectivity index (χ3n) is 1.86. The summed E-state index contributed by atoms with van der Waals surface area (Å²) in [4.78, 5) is 4.24. The molecule has 3 N–H and O–H groups in total. The predicted molar refractivity (Wildman–Crippen MR) is 56.0 cm³/mol. The summed E-state index contributed by atoms with van der Waals surface area (Å²) in [5.74, 6) is 0.829. The molecule has 1 aromatic rings. The molecule has 1 rings (SSSR count). The minimum Gasteiger partial charge on any atom is -0.358 e. The SMILES string of the molecule is CCC(CCN)Nc1nc(C)ns1. The zero-order valence-corrected chi connectivity index (χ0v) is 8.90. The maximum atomic E-state index is 5.49. The third kappa shape index (κ3) is 3.28. The number of anilines is 1. The van der Waals surface area contributed by atoms with E-state index >= 15 is 0 Å². The van der Waals surface area contributed by atoms with Gasteiger partial charge in [0.2, 0.25) is 5.13 Å². The molecule has 1 aromatic heterocycles. The van der Waals surface area contributed by atoms with Crippen molar-refractivity contribution in [2.45, 2.75) is 32.7 Å². The van der Waals surface area contributed by atoms with Crippen molar-refractivity contribution in [2.75, 3.05) is 11.9 Å². The molecule has 0 spiro atoms. The highest BCUT2D eigenvalue weighted by Gasteiger charge is 2.07. The van der Waals surface area contributed by atoms with Crippen molar-refractivity contribution in [2.24, 2.45) is 5.73 Å². The lowest BCUT2D eigenvalue weighted by Gasteiger charge is -2.13. The van der Waals surface area contributed by atoms with Crippen LogP contribution in [0, 0.1) is 6.92 Å². The average molecular weight is 200 g/mol. The zero-order valence-electron chi connectivity index (χ0n) is 8.08. The summed E-state index contributed by atoms with van der Waals surface area (Å²) in [6.45, 7) is 4.75. The molecule has 0 aliphatic heterocycles. The van der Waals surface area contributed by atoms with Crippen LogP contribution in [0.2, 0.25) is 0 Å². The van der Waals surface area contributed by atoms with Crippen molar-refractivity contribution in [3.05, 3.63) is 5.82 Å². The Labute approximate surface area is 82.7 Å². The molecule has 1 heterocycles. The van der Waals surface area contributed by atoms with E-state index in [1.807, 2.05) is 6.92 Å². The lowest BCUT2D eigenvalue weighted by atomic mass is 10.1. The van der Waals surface area contributed by atoms with Crippen LogP contribution < -0.4 is 11.1 Å². The van der Waals surface area contributed by atoms with Gasteiger partial charge in [0.1, 0.15) is 5.82 Å². The van der Waals surface area contributed by atoms with Gasteiger partial charge in [0.15, 0.2) is 0 Å². The van der Waals surface area contributed by atoms with Crippen LogP contribution in [0.3, 0.4) is 0 Å². The highest BCUT2D eigenvalue weighted by molar-refractivity contribution is 7.09. The summed E-state index contributed by atoms with van der Waals surface area (Å²) in [5, 5.41) is 4.22. The summed E-state index contributed by atoms with van der Waals surface area (Å²) in [5.41, 5.74) is 5.49. The largest absolute Gasteiger partial charge is 0.358 e. The van der Waals surface area contributed by atoms with Crippen molar-refractivity contribution < 1.29 is 0 Å². The summed E-state index contributed by atoms with van der Waals surface area (Å²) in [6.07, 6.45) is 2.05. The first-order valence-corrected chi connectivity index (χ1v) is 5.30. The molecular weight excluding hydrogens is 184 g/mol. The second-order valence-electron chi connectivity index (χ2n) is 2.97. The van der Waals surface area contributed by atoms with Crippen LogP contribution in [-0.2, 0) is 0 Å². The van der Waals surface area contributed by atoms with Gasteiger partial charge in [-0.1, -0.05) is 6.92 Å². The fourth-order valence-electron chi connectivity index (χ4n) is 1.11. The predicted octanol–water partition coefficient (Wildman–Crippen LogP) is 1.39. The second kappa shape index (κ2) is 5.14. The topological polar surface area (TPSA) is 63.8 Å². The van der Waals surface area contributed by atoms with Gasteiger partial charge in [0, 0.05) is 17.6 Å². The Morgan fingerprint density at radius 1 is 1.62 bits per heavy atom. The number of rotatable bonds is 5. The fraction of sp³-hybridized carbons (Fsp3) is 0.750. The van der Waals surface area contributed by atoms with Gasteiger partial charge in [-0.25, -0.2) is 4.98 Å². The lowest BCUT2D eigenvalue weighted by Crippen LogP contribution is -2.22. The zero-order chi connectivity index (χ0) is 9.68. The molecule has 0 aliphatic rings. The monoisotopic (exact) mass is 200 g/mol. The molecule has 0 saturated heterocycles. The molecule has 13 heavy (non-hydrogen) atoms. The number of nitrogens with zero attached hydrogens (tertiary/aromatic N) is 2. The molecule has 0 saturated carbocycles. The van der Waals surface area contributed by atoms with E-state index in [0.29, 0.717) is 12.6 Å². The number of nitrogens with two attached hydrogens (primary N) is 1. The standard InChI is InChI=1S/C8H16N4S/c1-3-7(4-5-9)11-8-10-6(2)12-13-8/h7H,3-5,9H2,1-2H3,(H,10,11,12). The molecule has 0 aromatic carbocycles. The first-order valence-electron chi connectivity index (χ1n) is 4.53. The fourth-order valence-corrected chi connectivity index (χ4v) is 1.76. The first-order chi connectivity index (χ1) is 6.26. The van der Waals surface area contributed by atoms with Gasteiger partial charge in [-0.15, -0.1) is 0 Å². The van der Waals surface area contributed by atoms with Gasteiger partial charge in [-0.05, 0) is 26.3 Å². The molecule has 5 heteroatoms. The Morgan fingerprint density at radius 2 is 2.38 bits per heavy atom. The van der Waals surface area contributed by atoms with Crippen LogP contribution in [0.15, 0.2) is 0 Å². The van der Waals surface area contributed by atoms with Crippen LogP contribution in [-0.4, -0.2) is 21.9 Å². The van der Waals surface area contributed by atoms with Crippen molar-refractivity contribution in [1.82, 2.24) is 9.36 Å². The second-order valence-corrected chi connectivity index (χ2v) is 3.73. The molecule has 0 bridgehead atoms. The van der Waals surface area contributed by atoms with E-state index in [-0.39, 0.29) is 0 Å². The Morgan fingerprint density at radius 3 is 2.85 bits per heavy atom. The number of hydrogen-bond acceptors (Lipinski definition) is 5. The van der Waals surface area contributed by atoms with E-state index in [9.17, 15) is 0 Å². The highest BCUT2D eigenvalue weighted by atomic mass is 32.1. The van der Waals surface area contributed by atoms with Crippen LogP contribution in [0.1, 0.15) is 25.6 Å².